The van der Waals surface area contributed by atoms with Gasteiger partial charge in [-0.25, -0.2) is 0 Å². The molecule has 0 bridgehead atoms. The molecule has 0 aliphatic heterocycles. The first kappa shape index (κ1) is 8.33. The van der Waals surface area contributed by atoms with E-state index in [0.717, 1.165) is 12.8 Å². The number of rotatable bonds is 1. The first-order chi connectivity index (χ1) is 5.19. The Morgan fingerprint density at radius 2 is 1.82 bits per heavy atom. The summed E-state index contributed by atoms with van der Waals surface area (Å²) in [4.78, 5) is 0. The molecule has 1 saturated carbocycles. The van der Waals surface area contributed by atoms with Gasteiger partial charge in [0.25, 0.3) is 0 Å². The Morgan fingerprint density at radius 1 is 1.27 bits per heavy atom. The number of nitrogens with two attached hydrogens (primary N) is 2. The molecule has 0 heterocycles. The summed E-state index contributed by atoms with van der Waals surface area (Å²) in [6, 6.07) is 0. The van der Waals surface area contributed by atoms with Crippen LogP contribution in [0.4, 0.5) is 0 Å². The van der Waals surface area contributed by atoms with E-state index in [1.165, 1.54) is 6.42 Å². The Balaban J connectivity index is 2.64. The molecule has 64 valence electrons. The molecule has 5 N–H and O–H groups in total. The van der Waals surface area contributed by atoms with Crippen molar-refractivity contribution in [3.05, 3.63) is 0 Å². The van der Waals surface area contributed by atoms with Crippen LogP contribution in [0.1, 0.15) is 32.1 Å². The molecule has 0 spiro atoms. The van der Waals surface area contributed by atoms with Gasteiger partial charge in [-0.1, -0.05) is 19.3 Å². The van der Waals surface area contributed by atoms with Gasteiger partial charge in [0.05, 0.1) is 0 Å². The number of hydrazone groups is 1. The molecule has 1 rings (SSSR count). The molecule has 0 aromatic heterocycles. The molecule has 0 atom stereocenters. The van der Waals surface area contributed by atoms with Crippen molar-refractivity contribution in [3.63, 3.8) is 0 Å². The van der Waals surface area contributed by atoms with Crippen molar-refractivity contribution in [2.24, 2.45) is 16.7 Å². The minimum absolute atomic E-state index is 0.178. The van der Waals surface area contributed by atoms with E-state index in [0.29, 0.717) is 12.8 Å². The van der Waals surface area contributed by atoms with Gasteiger partial charge in [0.1, 0.15) is 5.60 Å². The van der Waals surface area contributed by atoms with Crippen LogP contribution in [0.25, 0.3) is 0 Å². The molecule has 4 heteroatoms. The fraction of sp³-hybridized carbons (Fsp3) is 0.857. The number of hydrogen-bond acceptors (Lipinski definition) is 3. The fourth-order valence-electron chi connectivity index (χ4n) is 1.51. The van der Waals surface area contributed by atoms with E-state index < -0.39 is 5.60 Å². The van der Waals surface area contributed by atoms with E-state index in [-0.39, 0.29) is 5.84 Å². The average Bonchev–Trinajstić information content (AvgIpc) is 2.04. The third kappa shape index (κ3) is 1.63. The van der Waals surface area contributed by atoms with Crippen LogP contribution in [0.15, 0.2) is 5.10 Å². The van der Waals surface area contributed by atoms with Crippen LogP contribution >= 0.6 is 0 Å². The van der Waals surface area contributed by atoms with E-state index in [4.69, 9.17) is 11.6 Å². The van der Waals surface area contributed by atoms with Crippen molar-refractivity contribution >= 4 is 5.84 Å². The summed E-state index contributed by atoms with van der Waals surface area (Å²) in [5, 5.41) is 13.1. The zero-order chi connectivity index (χ0) is 8.32. The summed E-state index contributed by atoms with van der Waals surface area (Å²) in [5.41, 5.74) is 4.55. The van der Waals surface area contributed by atoms with E-state index in [2.05, 4.69) is 5.10 Å². The molecule has 11 heavy (non-hydrogen) atoms. The summed E-state index contributed by atoms with van der Waals surface area (Å²) < 4.78 is 0. The second kappa shape index (κ2) is 3.09. The molecule has 1 aliphatic carbocycles. The van der Waals surface area contributed by atoms with Crippen molar-refractivity contribution in [2.45, 2.75) is 37.7 Å². The monoisotopic (exact) mass is 157 g/mol. The van der Waals surface area contributed by atoms with Crippen molar-refractivity contribution in [3.8, 4) is 0 Å². The third-order valence-corrected chi connectivity index (χ3v) is 2.30. The highest BCUT2D eigenvalue weighted by atomic mass is 16.3. The van der Waals surface area contributed by atoms with Crippen molar-refractivity contribution in [1.82, 2.24) is 0 Å². The highest BCUT2D eigenvalue weighted by molar-refractivity contribution is 5.88. The van der Waals surface area contributed by atoms with Crippen molar-refractivity contribution < 1.29 is 5.11 Å². The maximum atomic E-state index is 9.80. The van der Waals surface area contributed by atoms with Crippen LogP contribution in [-0.2, 0) is 0 Å². The van der Waals surface area contributed by atoms with Crippen LogP contribution in [0.5, 0.6) is 0 Å². The van der Waals surface area contributed by atoms with Crippen molar-refractivity contribution in [1.29, 1.82) is 0 Å². The number of nitrogens with zero attached hydrogens (tertiary/aromatic N) is 1. The molecule has 1 fully saturated rings. The molecular formula is C7H15N3O. The van der Waals surface area contributed by atoms with E-state index in [1.54, 1.807) is 0 Å². The minimum Gasteiger partial charge on any atom is -0.383 e. The Morgan fingerprint density at radius 3 is 2.27 bits per heavy atom. The quantitative estimate of drug-likeness (QED) is 0.215. The van der Waals surface area contributed by atoms with E-state index in [9.17, 15) is 5.11 Å². The lowest BCUT2D eigenvalue weighted by Crippen LogP contribution is -2.46. The maximum absolute atomic E-state index is 9.80. The fourth-order valence-corrected chi connectivity index (χ4v) is 1.51. The third-order valence-electron chi connectivity index (χ3n) is 2.30. The molecule has 0 saturated heterocycles. The number of aliphatic hydroxyl groups is 1. The summed E-state index contributed by atoms with van der Waals surface area (Å²) in [7, 11) is 0. The Hall–Kier alpha value is -0.770. The Labute approximate surface area is 66.3 Å². The first-order valence-electron chi connectivity index (χ1n) is 3.95. The molecule has 1 aliphatic rings. The first-order valence-corrected chi connectivity index (χ1v) is 3.95. The lowest BCUT2D eigenvalue weighted by molar-refractivity contribution is 0.0694. The number of hydrogen-bond donors (Lipinski definition) is 3. The highest BCUT2D eigenvalue weighted by Gasteiger charge is 2.33. The van der Waals surface area contributed by atoms with Crippen LogP contribution in [0, 0.1) is 0 Å². The predicted molar refractivity (Wildman–Crippen MR) is 43.8 cm³/mol. The lowest BCUT2D eigenvalue weighted by atomic mass is 9.84. The second-order valence-corrected chi connectivity index (χ2v) is 3.11. The van der Waals surface area contributed by atoms with Crippen LogP contribution < -0.4 is 11.6 Å². The zero-order valence-corrected chi connectivity index (χ0v) is 6.58. The van der Waals surface area contributed by atoms with Gasteiger partial charge in [0, 0.05) is 0 Å². The summed E-state index contributed by atoms with van der Waals surface area (Å²) >= 11 is 0. The van der Waals surface area contributed by atoms with Gasteiger partial charge in [0.15, 0.2) is 5.84 Å². The predicted octanol–water partition coefficient (Wildman–Crippen LogP) is -0.0875. The molecule has 0 aromatic rings. The largest absolute Gasteiger partial charge is 0.383 e. The van der Waals surface area contributed by atoms with E-state index >= 15 is 0 Å². The average molecular weight is 157 g/mol. The SMILES string of the molecule is N/N=C(\N)C1(O)CCCCC1. The maximum Gasteiger partial charge on any atom is 0.151 e. The number of amidine groups is 1. The van der Waals surface area contributed by atoms with Gasteiger partial charge in [-0.15, -0.1) is 0 Å². The second-order valence-electron chi connectivity index (χ2n) is 3.11. The van der Waals surface area contributed by atoms with Gasteiger partial charge in [0.2, 0.25) is 0 Å². The standard InChI is InChI=1S/C7H15N3O/c8-6(10-9)7(11)4-2-1-3-5-7/h11H,1-5,9H2,(H2,8,10). The summed E-state index contributed by atoms with van der Waals surface area (Å²) in [5.74, 6) is 5.17. The van der Waals surface area contributed by atoms with Crippen LogP contribution in [-0.4, -0.2) is 16.5 Å². The molecule has 4 nitrogen and oxygen atoms in total. The van der Waals surface area contributed by atoms with E-state index in [1.807, 2.05) is 0 Å². The van der Waals surface area contributed by atoms with Gasteiger partial charge >= 0.3 is 0 Å². The summed E-state index contributed by atoms with van der Waals surface area (Å²) in [6.07, 6.45) is 4.57. The van der Waals surface area contributed by atoms with Gasteiger partial charge < -0.3 is 16.7 Å². The van der Waals surface area contributed by atoms with Gasteiger partial charge in [-0.2, -0.15) is 5.10 Å². The Kier molecular flexibility index (Phi) is 2.34. The topological polar surface area (TPSA) is 84.6 Å². The molecule has 0 aromatic carbocycles. The lowest BCUT2D eigenvalue weighted by Gasteiger charge is -2.30. The minimum atomic E-state index is -0.910. The molecule has 0 unspecified atom stereocenters. The molecule has 0 radical (unpaired) electrons. The zero-order valence-electron chi connectivity index (χ0n) is 6.58. The highest BCUT2D eigenvalue weighted by Crippen LogP contribution is 2.27. The van der Waals surface area contributed by atoms with Gasteiger partial charge in [-0.3, -0.25) is 0 Å². The Bertz CT molecular complexity index is 161. The molecule has 0 amide bonds. The van der Waals surface area contributed by atoms with Gasteiger partial charge in [-0.05, 0) is 12.8 Å². The van der Waals surface area contributed by atoms with Crippen molar-refractivity contribution in [2.75, 3.05) is 0 Å². The smallest absolute Gasteiger partial charge is 0.151 e. The normalized spacial score (nSPS) is 25.0. The van der Waals surface area contributed by atoms with Crippen LogP contribution in [0.3, 0.4) is 0 Å². The summed E-state index contributed by atoms with van der Waals surface area (Å²) in [6.45, 7) is 0. The van der Waals surface area contributed by atoms with Crippen LogP contribution in [0.2, 0.25) is 0 Å². The molecular weight excluding hydrogens is 142 g/mol.